The van der Waals surface area contributed by atoms with Crippen LogP contribution in [0.1, 0.15) is 23.7 Å². The standard InChI is InChI=1S/C17H18N4O3/c1-10-6-4-5-7-13(10)15-19-17-18-11(2)14(8-9-24-12(3)22)16(23)21(17)20-15/h4-7H,8-9H2,1-3H3,(H,18,19,20). The number of H-pyrrole nitrogens is 1. The Bertz CT molecular complexity index is 972. The number of esters is 1. The highest BCUT2D eigenvalue weighted by molar-refractivity contribution is 5.65. The smallest absolute Gasteiger partial charge is 0.302 e. The van der Waals surface area contributed by atoms with Crippen molar-refractivity contribution < 1.29 is 9.53 Å². The van der Waals surface area contributed by atoms with Crippen LogP contribution in [-0.4, -0.2) is 32.2 Å². The first-order valence-electron chi connectivity index (χ1n) is 7.65. The molecule has 0 aliphatic heterocycles. The van der Waals surface area contributed by atoms with E-state index in [0.29, 0.717) is 29.3 Å². The van der Waals surface area contributed by atoms with Gasteiger partial charge in [-0.1, -0.05) is 24.3 Å². The summed E-state index contributed by atoms with van der Waals surface area (Å²) in [5, 5.41) is 3.01. The molecule has 7 heteroatoms. The highest BCUT2D eigenvalue weighted by Gasteiger charge is 2.15. The van der Waals surface area contributed by atoms with Gasteiger partial charge < -0.3 is 4.74 Å². The van der Waals surface area contributed by atoms with Gasteiger partial charge in [-0.25, -0.2) is 4.98 Å². The van der Waals surface area contributed by atoms with E-state index in [4.69, 9.17) is 4.74 Å². The number of nitrogens with one attached hydrogen (secondary N) is 1. The minimum Gasteiger partial charge on any atom is -0.466 e. The number of nitrogens with zero attached hydrogens (tertiary/aromatic N) is 3. The molecule has 0 saturated heterocycles. The summed E-state index contributed by atoms with van der Waals surface area (Å²) in [5.41, 5.74) is 2.85. The fraction of sp³-hybridized carbons (Fsp3) is 0.294. The number of fused-ring (bicyclic) bond motifs is 1. The van der Waals surface area contributed by atoms with Gasteiger partial charge in [0.25, 0.3) is 11.3 Å². The maximum atomic E-state index is 12.7. The third kappa shape index (κ3) is 2.92. The first-order chi connectivity index (χ1) is 11.5. The number of hydrogen-bond donors (Lipinski definition) is 1. The number of aryl methyl sites for hydroxylation is 2. The molecule has 0 atom stereocenters. The Hall–Kier alpha value is -2.96. The van der Waals surface area contributed by atoms with Crippen LogP contribution in [0.5, 0.6) is 0 Å². The molecule has 0 saturated carbocycles. The van der Waals surface area contributed by atoms with Crippen LogP contribution in [0.4, 0.5) is 0 Å². The van der Waals surface area contributed by atoms with Crippen molar-refractivity contribution in [2.75, 3.05) is 6.61 Å². The van der Waals surface area contributed by atoms with Crippen LogP contribution in [0.2, 0.25) is 0 Å². The van der Waals surface area contributed by atoms with Crippen LogP contribution in [0.3, 0.4) is 0 Å². The van der Waals surface area contributed by atoms with Crippen molar-refractivity contribution >= 4 is 11.7 Å². The Kier molecular flexibility index (Phi) is 4.16. The molecule has 124 valence electrons. The van der Waals surface area contributed by atoms with E-state index in [1.165, 1.54) is 11.4 Å². The lowest BCUT2D eigenvalue weighted by Gasteiger charge is -2.04. The molecule has 3 aromatic rings. The molecule has 2 aromatic heterocycles. The number of ether oxygens (including phenoxy) is 1. The Morgan fingerprint density at radius 1 is 1.25 bits per heavy atom. The Morgan fingerprint density at radius 2 is 2.00 bits per heavy atom. The number of benzene rings is 1. The molecule has 24 heavy (non-hydrogen) atoms. The highest BCUT2D eigenvalue weighted by atomic mass is 16.5. The first-order valence-corrected chi connectivity index (χ1v) is 7.65. The Balaban J connectivity index is 2.04. The second kappa shape index (κ2) is 6.27. The van der Waals surface area contributed by atoms with E-state index < -0.39 is 0 Å². The minimum absolute atomic E-state index is 0.151. The number of aromatic nitrogens is 4. The van der Waals surface area contributed by atoms with Crippen molar-refractivity contribution in [1.82, 2.24) is 19.6 Å². The number of carbonyl (C=O) groups excluding carboxylic acids is 1. The van der Waals surface area contributed by atoms with Crippen LogP contribution in [0, 0.1) is 13.8 Å². The van der Waals surface area contributed by atoms with E-state index in [0.717, 1.165) is 11.1 Å². The van der Waals surface area contributed by atoms with Crippen LogP contribution >= 0.6 is 0 Å². The predicted octanol–water partition coefficient (Wildman–Crippen LogP) is 1.81. The van der Waals surface area contributed by atoms with Gasteiger partial charge in [0.15, 0.2) is 5.82 Å². The van der Waals surface area contributed by atoms with Crippen LogP contribution in [0.25, 0.3) is 17.2 Å². The lowest BCUT2D eigenvalue weighted by Crippen LogP contribution is -2.23. The van der Waals surface area contributed by atoms with Crippen molar-refractivity contribution in [1.29, 1.82) is 0 Å². The second-order valence-corrected chi connectivity index (χ2v) is 5.59. The van der Waals surface area contributed by atoms with Crippen LogP contribution < -0.4 is 5.56 Å². The van der Waals surface area contributed by atoms with Crippen LogP contribution in [0.15, 0.2) is 29.1 Å². The number of carbonyl (C=O) groups is 1. The zero-order chi connectivity index (χ0) is 17.3. The summed E-state index contributed by atoms with van der Waals surface area (Å²) in [6.07, 6.45) is 0.318. The fourth-order valence-electron chi connectivity index (χ4n) is 2.60. The van der Waals surface area contributed by atoms with E-state index >= 15 is 0 Å². The van der Waals surface area contributed by atoms with Crippen molar-refractivity contribution in [2.45, 2.75) is 27.2 Å². The molecule has 0 aliphatic carbocycles. The molecular formula is C17H18N4O3. The predicted molar refractivity (Wildman–Crippen MR) is 88.9 cm³/mol. The summed E-state index contributed by atoms with van der Waals surface area (Å²) >= 11 is 0. The normalized spacial score (nSPS) is 11.0. The largest absolute Gasteiger partial charge is 0.466 e. The zero-order valence-corrected chi connectivity index (χ0v) is 13.8. The van der Waals surface area contributed by atoms with E-state index in [1.54, 1.807) is 6.92 Å². The summed E-state index contributed by atoms with van der Waals surface area (Å²) in [6, 6.07) is 7.78. The molecule has 0 unspecified atom stereocenters. The van der Waals surface area contributed by atoms with Crippen molar-refractivity contribution in [3.05, 3.63) is 51.4 Å². The van der Waals surface area contributed by atoms with Crippen molar-refractivity contribution in [3.63, 3.8) is 0 Å². The van der Waals surface area contributed by atoms with Gasteiger partial charge >= 0.3 is 5.97 Å². The fourth-order valence-corrected chi connectivity index (χ4v) is 2.60. The SMILES string of the molecule is CC(=O)OCCc1c(C)nc2nc(-c3ccccc3C)[nH]n2c1=O. The van der Waals surface area contributed by atoms with Crippen molar-refractivity contribution in [3.8, 4) is 11.4 Å². The molecule has 0 bridgehead atoms. The summed E-state index contributed by atoms with van der Waals surface area (Å²) in [4.78, 5) is 32.4. The first kappa shape index (κ1) is 15.9. The average molecular weight is 326 g/mol. The summed E-state index contributed by atoms with van der Waals surface area (Å²) in [6.45, 7) is 5.23. The molecule has 0 spiro atoms. The van der Waals surface area contributed by atoms with E-state index in [2.05, 4.69) is 15.1 Å². The molecule has 7 nitrogen and oxygen atoms in total. The van der Waals surface area contributed by atoms with Gasteiger partial charge in [-0.2, -0.15) is 9.50 Å². The monoisotopic (exact) mass is 326 g/mol. The second-order valence-electron chi connectivity index (χ2n) is 5.59. The third-order valence-corrected chi connectivity index (χ3v) is 3.85. The molecule has 2 heterocycles. The van der Waals surface area contributed by atoms with E-state index in [1.807, 2.05) is 31.2 Å². The average Bonchev–Trinajstić information content (AvgIpc) is 2.94. The van der Waals surface area contributed by atoms with Crippen molar-refractivity contribution in [2.24, 2.45) is 0 Å². The topological polar surface area (TPSA) is 89.3 Å². The maximum absolute atomic E-state index is 12.7. The van der Waals surface area contributed by atoms with Gasteiger partial charge in [-0.05, 0) is 19.4 Å². The minimum atomic E-state index is -0.370. The van der Waals surface area contributed by atoms with Gasteiger partial charge in [0.1, 0.15) is 0 Å². The third-order valence-electron chi connectivity index (χ3n) is 3.85. The lowest BCUT2D eigenvalue weighted by atomic mass is 10.1. The summed E-state index contributed by atoms with van der Waals surface area (Å²) < 4.78 is 6.25. The molecule has 0 fully saturated rings. The molecule has 3 rings (SSSR count). The van der Waals surface area contributed by atoms with E-state index in [-0.39, 0.29) is 18.1 Å². The summed E-state index contributed by atoms with van der Waals surface area (Å²) in [5.74, 6) is 0.548. The molecule has 0 amide bonds. The number of aromatic amines is 1. The van der Waals surface area contributed by atoms with Gasteiger partial charge in [-0.15, -0.1) is 0 Å². The zero-order valence-electron chi connectivity index (χ0n) is 13.8. The Labute approximate surface area is 138 Å². The molecule has 1 N–H and O–H groups in total. The van der Waals surface area contributed by atoms with E-state index in [9.17, 15) is 9.59 Å². The lowest BCUT2D eigenvalue weighted by molar-refractivity contribution is -0.140. The maximum Gasteiger partial charge on any atom is 0.302 e. The van der Waals surface area contributed by atoms with Gasteiger partial charge in [-0.3, -0.25) is 14.7 Å². The number of hydrogen-bond acceptors (Lipinski definition) is 5. The summed E-state index contributed by atoms with van der Waals surface area (Å²) in [7, 11) is 0. The van der Waals surface area contributed by atoms with Gasteiger partial charge in [0.05, 0.1) is 12.3 Å². The number of rotatable bonds is 4. The van der Waals surface area contributed by atoms with Gasteiger partial charge in [0, 0.05) is 24.5 Å². The molecule has 0 aliphatic rings. The molecular weight excluding hydrogens is 308 g/mol. The molecule has 0 radical (unpaired) electrons. The van der Waals surface area contributed by atoms with Crippen LogP contribution in [-0.2, 0) is 16.0 Å². The molecule has 1 aromatic carbocycles. The highest BCUT2D eigenvalue weighted by Crippen LogP contribution is 2.19. The van der Waals surface area contributed by atoms with Gasteiger partial charge in [0.2, 0.25) is 0 Å². The Morgan fingerprint density at radius 3 is 2.71 bits per heavy atom. The quantitative estimate of drug-likeness (QED) is 0.739.